The third kappa shape index (κ3) is 2.48. The van der Waals surface area contributed by atoms with Gasteiger partial charge in [-0.15, -0.1) is 0 Å². The van der Waals surface area contributed by atoms with Crippen LogP contribution in [0.4, 0.5) is 8.78 Å². The molecule has 1 aromatic carbocycles. The summed E-state index contributed by atoms with van der Waals surface area (Å²) in [6.45, 7) is 0. The summed E-state index contributed by atoms with van der Waals surface area (Å²) in [5.41, 5.74) is 0. The summed E-state index contributed by atoms with van der Waals surface area (Å²) in [7, 11) is 0. The topological polar surface area (TPSA) is 21.3 Å². The van der Waals surface area contributed by atoms with Gasteiger partial charge >= 0.3 is 0 Å². The Labute approximate surface area is 105 Å². The Bertz CT molecular complexity index is 426. The summed E-state index contributed by atoms with van der Waals surface area (Å²) in [6.07, 6.45) is 5.68. The van der Waals surface area contributed by atoms with Crippen LogP contribution < -0.4 is 10.1 Å². The fourth-order valence-corrected chi connectivity index (χ4v) is 3.05. The Balaban J connectivity index is 1.67. The van der Waals surface area contributed by atoms with Crippen LogP contribution in [0.1, 0.15) is 32.1 Å². The summed E-state index contributed by atoms with van der Waals surface area (Å²) >= 11 is 0. The molecule has 1 aromatic rings. The number of hydrogen-bond donors (Lipinski definition) is 1. The first-order chi connectivity index (χ1) is 8.70. The lowest BCUT2D eigenvalue weighted by atomic mass is 9.85. The van der Waals surface area contributed by atoms with E-state index < -0.39 is 11.6 Å². The number of rotatable bonds is 2. The maximum Gasteiger partial charge on any atom is 0.162 e. The SMILES string of the molecule is Fc1ccc(O[C@@H]2C[C@H]3CCC[C@@H](C2)N3)cc1F. The van der Waals surface area contributed by atoms with Gasteiger partial charge in [0, 0.05) is 18.2 Å². The van der Waals surface area contributed by atoms with Crippen LogP contribution in [0.5, 0.6) is 5.75 Å². The van der Waals surface area contributed by atoms with E-state index in [0.29, 0.717) is 17.8 Å². The Morgan fingerprint density at radius 2 is 1.78 bits per heavy atom. The lowest BCUT2D eigenvalue weighted by Crippen LogP contribution is -2.51. The predicted octanol–water partition coefficient (Wildman–Crippen LogP) is 3.02. The van der Waals surface area contributed by atoms with E-state index in [9.17, 15) is 8.78 Å². The van der Waals surface area contributed by atoms with Crippen molar-refractivity contribution in [1.29, 1.82) is 0 Å². The van der Waals surface area contributed by atoms with E-state index in [-0.39, 0.29) is 6.10 Å². The van der Waals surface area contributed by atoms with Crippen molar-refractivity contribution in [1.82, 2.24) is 5.32 Å². The Morgan fingerprint density at radius 1 is 1.06 bits per heavy atom. The van der Waals surface area contributed by atoms with Gasteiger partial charge in [-0.1, -0.05) is 6.42 Å². The second kappa shape index (κ2) is 4.84. The molecule has 2 bridgehead atoms. The average molecular weight is 253 g/mol. The van der Waals surface area contributed by atoms with Crippen molar-refractivity contribution >= 4 is 0 Å². The maximum absolute atomic E-state index is 13.1. The highest BCUT2D eigenvalue weighted by atomic mass is 19.2. The van der Waals surface area contributed by atoms with Crippen molar-refractivity contribution in [3.63, 3.8) is 0 Å². The van der Waals surface area contributed by atoms with E-state index in [0.717, 1.165) is 25.0 Å². The average Bonchev–Trinajstić information content (AvgIpc) is 2.33. The van der Waals surface area contributed by atoms with Crippen molar-refractivity contribution < 1.29 is 13.5 Å². The van der Waals surface area contributed by atoms with Gasteiger partial charge in [-0.25, -0.2) is 8.78 Å². The third-order valence-corrected chi connectivity index (χ3v) is 3.87. The van der Waals surface area contributed by atoms with Crippen molar-refractivity contribution in [2.75, 3.05) is 0 Å². The summed E-state index contributed by atoms with van der Waals surface area (Å²) in [6, 6.07) is 4.79. The number of ether oxygens (including phenoxy) is 1. The molecule has 0 saturated carbocycles. The molecule has 1 N–H and O–H groups in total. The van der Waals surface area contributed by atoms with Gasteiger partial charge in [0.2, 0.25) is 0 Å². The van der Waals surface area contributed by atoms with Crippen LogP contribution >= 0.6 is 0 Å². The zero-order chi connectivity index (χ0) is 12.5. The van der Waals surface area contributed by atoms with Crippen LogP contribution in [0.2, 0.25) is 0 Å². The van der Waals surface area contributed by atoms with Gasteiger partial charge in [0.15, 0.2) is 11.6 Å². The quantitative estimate of drug-likeness (QED) is 0.874. The molecule has 2 saturated heterocycles. The normalized spacial score (nSPS) is 31.1. The van der Waals surface area contributed by atoms with Crippen LogP contribution in [0.3, 0.4) is 0 Å². The van der Waals surface area contributed by atoms with E-state index in [1.54, 1.807) is 0 Å². The fraction of sp³-hybridized carbons (Fsp3) is 0.571. The van der Waals surface area contributed by atoms with Gasteiger partial charge in [0.05, 0.1) is 0 Å². The highest BCUT2D eigenvalue weighted by Gasteiger charge is 2.32. The molecule has 4 heteroatoms. The van der Waals surface area contributed by atoms with Gasteiger partial charge in [-0.2, -0.15) is 0 Å². The molecular weight excluding hydrogens is 236 g/mol. The van der Waals surface area contributed by atoms with Gasteiger partial charge in [0.1, 0.15) is 11.9 Å². The van der Waals surface area contributed by atoms with E-state index >= 15 is 0 Å². The number of fused-ring (bicyclic) bond motifs is 2. The Morgan fingerprint density at radius 3 is 2.44 bits per heavy atom. The number of piperidine rings is 2. The maximum atomic E-state index is 13.1. The van der Waals surface area contributed by atoms with E-state index in [1.165, 1.54) is 25.3 Å². The monoisotopic (exact) mass is 253 g/mol. The molecule has 0 radical (unpaired) electrons. The van der Waals surface area contributed by atoms with Gasteiger partial charge in [0.25, 0.3) is 0 Å². The second-order valence-electron chi connectivity index (χ2n) is 5.28. The smallest absolute Gasteiger partial charge is 0.162 e. The fourth-order valence-electron chi connectivity index (χ4n) is 3.05. The molecule has 98 valence electrons. The van der Waals surface area contributed by atoms with Gasteiger partial charge < -0.3 is 10.1 Å². The lowest BCUT2D eigenvalue weighted by Gasteiger charge is -2.40. The summed E-state index contributed by atoms with van der Waals surface area (Å²) in [5, 5.41) is 3.57. The first-order valence-electron chi connectivity index (χ1n) is 6.58. The molecule has 2 aliphatic heterocycles. The van der Waals surface area contributed by atoms with Crippen molar-refractivity contribution in [3.05, 3.63) is 29.8 Å². The van der Waals surface area contributed by atoms with Crippen LogP contribution in [0.25, 0.3) is 0 Å². The standard InChI is InChI=1S/C14H17F2NO/c15-13-5-4-11(8-14(13)16)18-12-6-9-2-1-3-10(7-12)17-9/h4-5,8-10,12,17H,1-3,6-7H2/t9-,10+,12-. The molecule has 0 aliphatic carbocycles. The number of halogens is 2. The van der Waals surface area contributed by atoms with Gasteiger partial charge in [-0.05, 0) is 37.8 Å². The molecule has 2 heterocycles. The molecule has 0 unspecified atom stereocenters. The third-order valence-electron chi connectivity index (χ3n) is 3.87. The largest absolute Gasteiger partial charge is 0.490 e. The number of benzene rings is 1. The van der Waals surface area contributed by atoms with Crippen LogP contribution in [0.15, 0.2) is 18.2 Å². The van der Waals surface area contributed by atoms with Crippen molar-refractivity contribution in [2.45, 2.75) is 50.3 Å². The summed E-state index contributed by atoms with van der Waals surface area (Å²) < 4.78 is 31.7. The minimum Gasteiger partial charge on any atom is -0.490 e. The minimum absolute atomic E-state index is 0.117. The molecule has 18 heavy (non-hydrogen) atoms. The summed E-state index contributed by atoms with van der Waals surface area (Å²) in [4.78, 5) is 0. The van der Waals surface area contributed by atoms with E-state index in [4.69, 9.17) is 4.74 Å². The summed E-state index contributed by atoms with van der Waals surface area (Å²) in [5.74, 6) is -1.25. The second-order valence-corrected chi connectivity index (χ2v) is 5.28. The molecule has 2 aliphatic rings. The Hall–Kier alpha value is -1.16. The highest BCUT2D eigenvalue weighted by molar-refractivity contribution is 5.24. The zero-order valence-corrected chi connectivity index (χ0v) is 10.2. The highest BCUT2D eigenvalue weighted by Crippen LogP contribution is 2.29. The van der Waals surface area contributed by atoms with E-state index in [1.807, 2.05) is 0 Å². The van der Waals surface area contributed by atoms with Crippen LogP contribution in [0, 0.1) is 11.6 Å². The minimum atomic E-state index is -0.846. The Kier molecular flexibility index (Phi) is 3.20. The van der Waals surface area contributed by atoms with E-state index in [2.05, 4.69) is 5.32 Å². The van der Waals surface area contributed by atoms with Crippen molar-refractivity contribution in [2.24, 2.45) is 0 Å². The zero-order valence-electron chi connectivity index (χ0n) is 10.2. The molecule has 2 nitrogen and oxygen atoms in total. The predicted molar refractivity (Wildman–Crippen MR) is 64.6 cm³/mol. The van der Waals surface area contributed by atoms with Crippen LogP contribution in [-0.4, -0.2) is 18.2 Å². The lowest BCUT2D eigenvalue weighted by molar-refractivity contribution is 0.0923. The number of hydrogen-bond acceptors (Lipinski definition) is 2. The first-order valence-corrected chi connectivity index (χ1v) is 6.58. The molecule has 3 rings (SSSR count). The molecular formula is C14H17F2NO. The first kappa shape index (κ1) is 11.9. The van der Waals surface area contributed by atoms with Crippen LogP contribution in [-0.2, 0) is 0 Å². The molecule has 0 spiro atoms. The molecule has 0 aromatic heterocycles. The van der Waals surface area contributed by atoms with Crippen molar-refractivity contribution in [3.8, 4) is 5.75 Å². The molecule has 0 amide bonds. The molecule has 3 atom stereocenters. The van der Waals surface area contributed by atoms with Gasteiger partial charge in [-0.3, -0.25) is 0 Å². The number of nitrogens with one attached hydrogen (secondary N) is 1. The molecule has 2 fully saturated rings.